The van der Waals surface area contributed by atoms with Gasteiger partial charge >= 0.3 is 6.18 Å². The fraction of sp³-hybridized carbons (Fsp3) is 0.353. The van der Waals surface area contributed by atoms with Gasteiger partial charge in [-0.05, 0) is 24.1 Å². The van der Waals surface area contributed by atoms with Gasteiger partial charge in [-0.1, -0.05) is 13.0 Å². The van der Waals surface area contributed by atoms with Crippen molar-refractivity contribution in [1.82, 2.24) is 4.57 Å². The first kappa shape index (κ1) is 21.7. The average molecular weight is 421 g/mol. The fourth-order valence-corrected chi connectivity index (χ4v) is 3.18. The summed E-state index contributed by atoms with van der Waals surface area (Å²) in [7, 11) is -0.0150. The summed E-state index contributed by atoms with van der Waals surface area (Å²) in [5.41, 5.74) is 0.0144. The molecule has 2 rings (SSSR count). The van der Waals surface area contributed by atoms with E-state index in [0.717, 1.165) is 16.2 Å². The van der Waals surface area contributed by atoms with Gasteiger partial charge in [-0.2, -0.15) is 13.2 Å². The number of nitrogens with one attached hydrogen (secondary N) is 2. The van der Waals surface area contributed by atoms with Crippen LogP contribution in [0, 0.1) is 5.82 Å². The van der Waals surface area contributed by atoms with Gasteiger partial charge in [-0.25, -0.2) is 8.60 Å². The fourth-order valence-electron chi connectivity index (χ4n) is 2.39. The van der Waals surface area contributed by atoms with Gasteiger partial charge in [0.25, 0.3) is 5.56 Å². The summed E-state index contributed by atoms with van der Waals surface area (Å²) in [6.45, 7) is 1.85. The molecule has 0 saturated heterocycles. The molecule has 0 radical (unpaired) electrons. The highest BCUT2D eigenvalue weighted by atomic mass is 32.2. The summed E-state index contributed by atoms with van der Waals surface area (Å²) < 4.78 is 72.1. The van der Waals surface area contributed by atoms with Crippen LogP contribution in [0.4, 0.5) is 34.8 Å². The number of alkyl halides is 3. The van der Waals surface area contributed by atoms with E-state index < -0.39 is 34.3 Å². The minimum Gasteiger partial charge on any atom is -0.494 e. The second-order valence-electron chi connectivity index (χ2n) is 5.83. The van der Waals surface area contributed by atoms with E-state index in [4.69, 9.17) is 4.74 Å². The summed E-state index contributed by atoms with van der Waals surface area (Å²) in [6.07, 6.45) is -4.06. The molecule has 0 fully saturated rings. The maximum Gasteiger partial charge on any atom is 0.402 e. The zero-order valence-corrected chi connectivity index (χ0v) is 16.1. The van der Waals surface area contributed by atoms with Crippen molar-refractivity contribution in [3.05, 3.63) is 46.0 Å². The third-order valence-corrected chi connectivity index (χ3v) is 4.85. The van der Waals surface area contributed by atoms with Gasteiger partial charge in [0.1, 0.15) is 34.1 Å². The third-order valence-electron chi connectivity index (χ3n) is 3.83. The molecule has 2 aromatic rings. The minimum absolute atomic E-state index is 0.00916. The second kappa shape index (κ2) is 8.63. The van der Waals surface area contributed by atoms with Gasteiger partial charge in [0.2, 0.25) is 0 Å². The van der Waals surface area contributed by atoms with E-state index in [0.29, 0.717) is 6.42 Å². The minimum atomic E-state index is -4.67. The molecule has 0 amide bonds. The number of pyridine rings is 1. The van der Waals surface area contributed by atoms with E-state index in [1.54, 1.807) is 6.07 Å². The number of rotatable bonds is 7. The van der Waals surface area contributed by atoms with E-state index in [2.05, 4.69) is 10.0 Å². The number of methoxy groups -OCH3 is 1. The van der Waals surface area contributed by atoms with Crippen LogP contribution in [0.3, 0.4) is 0 Å². The van der Waals surface area contributed by atoms with Crippen molar-refractivity contribution < 1.29 is 26.5 Å². The molecule has 0 aliphatic carbocycles. The predicted molar refractivity (Wildman–Crippen MR) is 100.0 cm³/mol. The number of hydrogen-bond acceptors (Lipinski definition) is 4. The summed E-state index contributed by atoms with van der Waals surface area (Å²) >= 11 is 0. The number of hydrogen-bond donors (Lipinski definition) is 2. The zero-order chi connectivity index (χ0) is 21.1. The standard InChI is InChI=1S/C17H19F4N3O3S/c1-4-10-5-6-12(11(18)7-10)22-16-15(23-28(26)9-17(19,20)21)13(27-3)8-14(25)24(16)2/h5-8,22-23H,4,9H2,1-3H3. The zero-order valence-electron chi connectivity index (χ0n) is 15.3. The summed E-state index contributed by atoms with van der Waals surface area (Å²) in [5, 5.41) is 2.67. The molecule has 28 heavy (non-hydrogen) atoms. The van der Waals surface area contributed by atoms with Crippen molar-refractivity contribution in [2.75, 3.05) is 22.9 Å². The predicted octanol–water partition coefficient (Wildman–Crippen LogP) is 3.48. The van der Waals surface area contributed by atoms with Crippen LogP contribution >= 0.6 is 0 Å². The highest BCUT2D eigenvalue weighted by molar-refractivity contribution is 7.86. The molecular weight excluding hydrogens is 402 g/mol. The lowest BCUT2D eigenvalue weighted by Crippen LogP contribution is -2.26. The first-order valence-corrected chi connectivity index (χ1v) is 9.42. The monoisotopic (exact) mass is 421 g/mol. The van der Waals surface area contributed by atoms with Crippen molar-refractivity contribution >= 4 is 28.2 Å². The molecule has 1 atom stereocenters. The highest BCUT2D eigenvalue weighted by Crippen LogP contribution is 2.34. The molecule has 154 valence electrons. The number of aromatic nitrogens is 1. The lowest BCUT2D eigenvalue weighted by atomic mass is 10.1. The molecule has 11 heteroatoms. The highest BCUT2D eigenvalue weighted by Gasteiger charge is 2.31. The Morgan fingerprint density at radius 1 is 1.25 bits per heavy atom. The molecular formula is C17H19F4N3O3S. The largest absolute Gasteiger partial charge is 0.494 e. The summed E-state index contributed by atoms with van der Waals surface area (Å²) in [4.78, 5) is 12.1. The van der Waals surface area contributed by atoms with Gasteiger partial charge in [0.15, 0.2) is 5.75 Å². The molecule has 0 spiro atoms. The number of anilines is 3. The van der Waals surface area contributed by atoms with Crippen LogP contribution in [0.25, 0.3) is 0 Å². The SMILES string of the molecule is CCc1ccc(Nc2c(NS(=O)CC(F)(F)F)c(OC)cc(=O)n2C)c(F)c1. The van der Waals surface area contributed by atoms with Gasteiger partial charge in [-0.15, -0.1) is 0 Å². The second-order valence-corrected chi connectivity index (χ2v) is 7.02. The third kappa shape index (κ3) is 5.24. The quantitative estimate of drug-likeness (QED) is 0.672. The maximum absolute atomic E-state index is 14.3. The molecule has 0 aliphatic rings. The molecule has 0 bridgehead atoms. The summed E-state index contributed by atoms with van der Waals surface area (Å²) in [6, 6.07) is 5.43. The number of nitrogens with zero attached hydrogens (tertiary/aromatic N) is 1. The van der Waals surface area contributed by atoms with Crippen molar-refractivity contribution in [2.45, 2.75) is 19.5 Å². The van der Waals surface area contributed by atoms with Crippen LogP contribution < -0.4 is 20.3 Å². The molecule has 0 saturated carbocycles. The van der Waals surface area contributed by atoms with E-state index in [-0.39, 0.29) is 22.9 Å². The van der Waals surface area contributed by atoms with Gasteiger partial charge in [0, 0.05) is 13.1 Å². The van der Waals surface area contributed by atoms with E-state index in [9.17, 15) is 26.6 Å². The molecule has 1 aromatic heterocycles. The smallest absolute Gasteiger partial charge is 0.402 e. The Hall–Kier alpha value is -2.56. The van der Waals surface area contributed by atoms with Gasteiger partial charge in [-0.3, -0.25) is 14.1 Å². The molecule has 1 aromatic carbocycles. The Morgan fingerprint density at radius 3 is 2.46 bits per heavy atom. The Bertz CT molecular complexity index is 944. The number of halogens is 4. The van der Waals surface area contributed by atoms with E-state index >= 15 is 0 Å². The molecule has 1 heterocycles. The summed E-state index contributed by atoms with van der Waals surface area (Å²) in [5.74, 6) is -2.45. The first-order chi connectivity index (χ1) is 13.1. The molecule has 2 N–H and O–H groups in total. The lowest BCUT2D eigenvalue weighted by Gasteiger charge is -2.20. The van der Waals surface area contributed by atoms with Crippen molar-refractivity contribution in [3.8, 4) is 5.75 Å². The van der Waals surface area contributed by atoms with Crippen LogP contribution in [-0.2, 0) is 24.5 Å². The Kier molecular flexibility index (Phi) is 6.70. The van der Waals surface area contributed by atoms with Crippen LogP contribution in [-0.4, -0.2) is 27.8 Å². The van der Waals surface area contributed by atoms with E-state index in [1.165, 1.54) is 26.3 Å². The van der Waals surface area contributed by atoms with Crippen LogP contribution in [0.2, 0.25) is 0 Å². The van der Waals surface area contributed by atoms with Crippen molar-refractivity contribution in [3.63, 3.8) is 0 Å². The maximum atomic E-state index is 14.3. The molecule has 6 nitrogen and oxygen atoms in total. The lowest BCUT2D eigenvalue weighted by molar-refractivity contribution is -0.105. The van der Waals surface area contributed by atoms with Crippen molar-refractivity contribution in [1.29, 1.82) is 0 Å². The van der Waals surface area contributed by atoms with Crippen LogP contribution in [0.5, 0.6) is 5.75 Å². The first-order valence-electron chi connectivity index (χ1n) is 8.11. The van der Waals surface area contributed by atoms with Crippen molar-refractivity contribution in [2.24, 2.45) is 7.05 Å². The molecule has 0 aliphatic heterocycles. The number of benzene rings is 1. The normalized spacial score (nSPS) is 12.5. The topological polar surface area (TPSA) is 72.4 Å². The molecule has 1 unspecified atom stereocenters. The van der Waals surface area contributed by atoms with Gasteiger partial charge in [0.05, 0.1) is 12.8 Å². The van der Waals surface area contributed by atoms with E-state index in [1.807, 2.05) is 6.92 Å². The number of aryl methyl sites for hydroxylation is 1. The Labute approximate surface area is 161 Å². The Morgan fingerprint density at radius 2 is 1.93 bits per heavy atom. The van der Waals surface area contributed by atoms with Gasteiger partial charge < -0.3 is 10.1 Å². The Balaban J connectivity index is 2.51. The number of ether oxygens (including phenoxy) is 1. The van der Waals surface area contributed by atoms with Crippen LogP contribution in [0.1, 0.15) is 12.5 Å². The van der Waals surface area contributed by atoms with Crippen LogP contribution in [0.15, 0.2) is 29.1 Å². The average Bonchev–Trinajstić information content (AvgIpc) is 2.60.